The van der Waals surface area contributed by atoms with Crippen LogP contribution < -0.4 is 0 Å². The van der Waals surface area contributed by atoms with Crippen LogP contribution in [0.5, 0.6) is 0 Å². The number of hydrogen-bond acceptors (Lipinski definition) is 4. The number of aromatic nitrogens is 1. The van der Waals surface area contributed by atoms with E-state index in [0.717, 1.165) is 11.3 Å². The van der Waals surface area contributed by atoms with E-state index in [2.05, 4.69) is 11.1 Å². The molecular weight excluding hydrogens is 423 g/mol. The van der Waals surface area contributed by atoms with Gasteiger partial charge in [0.1, 0.15) is 22.6 Å². The molecule has 0 aliphatic rings. The standard InChI is InChI=1S/C23H14Cl2N2OS/c1-14-5-7-15(8-6-14)20-13-29-23(27-20)16(12-26)11-17-9-10-21(28-17)22-18(24)3-2-4-19(22)25/h2-11,13H,1H3. The summed E-state index contributed by atoms with van der Waals surface area (Å²) in [5.41, 5.74) is 4.11. The SMILES string of the molecule is Cc1ccc(-c2csc(C(C#N)=Cc3ccc(-c4c(Cl)cccc4Cl)o3)n2)cc1. The van der Waals surface area contributed by atoms with E-state index >= 15 is 0 Å². The molecule has 0 radical (unpaired) electrons. The average Bonchev–Trinajstić information content (AvgIpc) is 3.37. The van der Waals surface area contributed by atoms with E-state index in [1.54, 1.807) is 36.4 Å². The summed E-state index contributed by atoms with van der Waals surface area (Å²) < 4.78 is 5.87. The van der Waals surface area contributed by atoms with Crippen molar-refractivity contribution in [2.45, 2.75) is 6.92 Å². The van der Waals surface area contributed by atoms with Crippen molar-refractivity contribution in [1.82, 2.24) is 4.98 Å². The molecule has 0 atom stereocenters. The first-order valence-electron chi connectivity index (χ1n) is 8.74. The Labute approximate surface area is 182 Å². The fraction of sp³-hybridized carbons (Fsp3) is 0.0435. The third kappa shape index (κ3) is 4.13. The lowest BCUT2D eigenvalue weighted by atomic mass is 10.1. The smallest absolute Gasteiger partial charge is 0.137 e. The predicted molar refractivity (Wildman–Crippen MR) is 120 cm³/mol. The molecule has 4 rings (SSSR count). The van der Waals surface area contributed by atoms with Gasteiger partial charge < -0.3 is 4.42 Å². The molecule has 0 N–H and O–H groups in total. The van der Waals surface area contributed by atoms with Crippen LogP contribution in [-0.4, -0.2) is 4.98 Å². The Morgan fingerprint density at radius 3 is 2.48 bits per heavy atom. The van der Waals surface area contributed by atoms with Gasteiger partial charge in [0.2, 0.25) is 0 Å². The molecule has 0 amide bonds. The highest BCUT2D eigenvalue weighted by Gasteiger charge is 2.14. The van der Waals surface area contributed by atoms with E-state index in [1.165, 1.54) is 16.9 Å². The molecule has 142 valence electrons. The highest BCUT2D eigenvalue weighted by atomic mass is 35.5. The Bertz CT molecular complexity index is 1230. The van der Waals surface area contributed by atoms with E-state index in [4.69, 9.17) is 27.6 Å². The monoisotopic (exact) mass is 436 g/mol. The largest absolute Gasteiger partial charge is 0.457 e. The second-order valence-corrected chi connectivity index (χ2v) is 8.04. The Morgan fingerprint density at radius 2 is 1.79 bits per heavy atom. The summed E-state index contributed by atoms with van der Waals surface area (Å²) in [7, 11) is 0. The quantitative estimate of drug-likeness (QED) is 0.307. The molecule has 3 nitrogen and oxygen atoms in total. The first kappa shape index (κ1) is 19.5. The van der Waals surface area contributed by atoms with Gasteiger partial charge in [0, 0.05) is 17.0 Å². The second-order valence-electron chi connectivity index (χ2n) is 6.37. The average molecular weight is 437 g/mol. The molecule has 0 spiro atoms. The van der Waals surface area contributed by atoms with Crippen LogP contribution in [0.3, 0.4) is 0 Å². The molecule has 0 aliphatic heterocycles. The maximum atomic E-state index is 9.63. The zero-order valence-electron chi connectivity index (χ0n) is 15.3. The Hall–Kier alpha value is -2.84. The number of hydrogen-bond donors (Lipinski definition) is 0. The van der Waals surface area contributed by atoms with Crippen molar-refractivity contribution >= 4 is 46.2 Å². The number of thiazole rings is 1. The fourth-order valence-electron chi connectivity index (χ4n) is 2.84. The van der Waals surface area contributed by atoms with Gasteiger partial charge in [-0.25, -0.2) is 4.98 Å². The first-order valence-corrected chi connectivity index (χ1v) is 10.4. The molecule has 0 unspecified atom stereocenters. The van der Waals surface area contributed by atoms with Crippen LogP contribution in [0, 0.1) is 18.3 Å². The Morgan fingerprint density at radius 1 is 1.07 bits per heavy atom. The van der Waals surface area contributed by atoms with Crippen LogP contribution in [0.2, 0.25) is 10.0 Å². The zero-order valence-corrected chi connectivity index (χ0v) is 17.6. The van der Waals surface area contributed by atoms with Crippen LogP contribution in [-0.2, 0) is 0 Å². The summed E-state index contributed by atoms with van der Waals surface area (Å²) in [6, 6.07) is 19.2. The normalized spacial score (nSPS) is 11.4. The van der Waals surface area contributed by atoms with Crippen molar-refractivity contribution in [3.8, 4) is 28.7 Å². The van der Waals surface area contributed by atoms with Crippen LogP contribution in [0.1, 0.15) is 16.3 Å². The van der Waals surface area contributed by atoms with E-state index in [9.17, 15) is 5.26 Å². The van der Waals surface area contributed by atoms with Gasteiger partial charge in [0.05, 0.1) is 26.9 Å². The minimum atomic E-state index is 0.430. The van der Waals surface area contributed by atoms with Crippen molar-refractivity contribution in [3.05, 3.63) is 86.4 Å². The van der Waals surface area contributed by atoms with Crippen molar-refractivity contribution in [3.63, 3.8) is 0 Å². The predicted octanol–water partition coefficient (Wildman–Crippen LogP) is 7.75. The van der Waals surface area contributed by atoms with Crippen LogP contribution in [0.4, 0.5) is 0 Å². The zero-order chi connectivity index (χ0) is 20.4. The number of rotatable bonds is 4. The Balaban J connectivity index is 1.65. The summed E-state index contributed by atoms with van der Waals surface area (Å²) in [5.74, 6) is 1.07. The van der Waals surface area contributed by atoms with Gasteiger partial charge in [0.25, 0.3) is 0 Å². The van der Waals surface area contributed by atoms with Gasteiger partial charge in [-0.3, -0.25) is 0 Å². The number of furan rings is 1. The molecule has 0 saturated carbocycles. The fourth-order valence-corrected chi connectivity index (χ4v) is 4.21. The van der Waals surface area contributed by atoms with Crippen LogP contribution in [0.25, 0.3) is 34.2 Å². The van der Waals surface area contributed by atoms with Crippen molar-refractivity contribution in [2.75, 3.05) is 0 Å². The number of nitrogens with zero attached hydrogens (tertiary/aromatic N) is 2. The Kier molecular flexibility index (Phi) is 5.55. The number of allylic oxidation sites excluding steroid dienone is 1. The van der Waals surface area contributed by atoms with Crippen molar-refractivity contribution in [2.24, 2.45) is 0 Å². The molecular formula is C23H14Cl2N2OS. The van der Waals surface area contributed by atoms with Gasteiger partial charge in [-0.05, 0) is 31.2 Å². The molecule has 0 bridgehead atoms. The highest BCUT2D eigenvalue weighted by Crippen LogP contribution is 2.36. The molecule has 2 aromatic heterocycles. The summed E-state index contributed by atoms with van der Waals surface area (Å²) in [5, 5.41) is 13.2. The second kappa shape index (κ2) is 8.26. The van der Waals surface area contributed by atoms with Crippen molar-refractivity contribution in [1.29, 1.82) is 5.26 Å². The first-order chi connectivity index (χ1) is 14.0. The summed E-state index contributed by atoms with van der Waals surface area (Å²) in [6.07, 6.45) is 1.67. The van der Waals surface area contributed by atoms with E-state index in [0.29, 0.717) is 37.7 Å². The van der Waals surface area contributed by atoms with Gasteiger partial charge in [-0.1, -0.05) is 59.1 Å². The maximum Gasteiger partial charge on any atom is 0.137 e. The van der Waals surface area contributed by atoms with E-state index in [1.807, 2.05) is 36.6 Å². The van der Waals surface area contributed by atoms with Crippen LogP contribution >= 0.6 is 34.5 Å². The van der Waals surface area contributed by atoms with Gasteiger partial charge in [0.15, 0.2) is 0 Å². The van der Waals surface area contributed by atoms with Gasteiger partial charge in [-0.15, -0.1) is 11.3 Å². The maximum absolute atomic E-state index is 9.63. The molecule has 4 aromatic rings. The molecule has 6 heteroatoms. The molecule has 2 heterocycles. The van der Waals surface area contributed by atoms with Crippen molar-refractivity contribution < 1.29 is 4.42 Å². The minimum Gasteiger partial charge on any atom is -0.457 e. The highest BCUT2D eigenvalue weighted by molar-refractivity contribution is 7.11. The number of benzene rings is 2. The number of nitriles is 1. The third-order valence-electron chi connectivity index (χ3n) is 4.32. The lowest BCUT2D eigenvalue weighted by molar-refractivity contribution is 0.572. The minimum absolute atomic E-state index is 0.430. The van der Waals surface area contributed by atoms with Gasteiger partial charge >= 0.3 is 0 Å². The molecule has 0 fully saturated rings. The summed E-state index contributed by atoms with van der Waals surface area (Å²) in [6.45, 7) is 2.04. The third-order valence-corrected chi connectivity index (χ3v) is 5.83. The lowest BCUT2D eigenvalue weighted by Crippen LogP contribution is -1.83. The van der Waals surface area contributed by atoms with Crippen LogP contribution in [0.15, 0.2) is 64.4 Å². The number of halogens is 2. The number of aryl methyl sites for hydroxylation is 1. The lowest BCUT2D eigenvalue weighted by Gasteiger charge is -2.02. The topological polar surface area (TPSA) is 49.8 Å². The summed E-state index contributed by atoms with van der Waals surface area (Å²) >= 11 is 13.9. The summed E-state index contributed by atoms with van der Waals surface area (Å²) in [4.78, 5) is 4.61. The van der Waals surface area contributed by atoms with Gasteiger partial charge in [-0.2, -0.15) is 5.26 Å². The van der Waals surface area contributed by atoms with E-state index in [-0.39, 0.29) is 0 Å². The molecule has 2 aromatic carbocycles. The van der Waals surface area contributed by atoms with E-state index < -0.39 is 0 Å². The molecule has 0 aliphatic carbocycles. The molecule has 29 heavy (non-hydrogen) atoms. The molecule has 0 saturated heterocycles.